The number of guanidine groups is 1. The summed E-state index contributed by atoms with van der Waals surface area (Å²) in [6.45, 7) is 8.52. The number of rotatable bonds is 5. The SMILES string of the molecule is CCNC(=NCc1ccc2c(c1)OCO2)NCc1nc(C)c(C)s1. The minimum absolute atomic E-state index is 0.291. The van der Waals surface area contributed by atoms with Crippen molar-refractivity contribution in [2.45, 2.75) is 33.9 Å². The molecule has 0 unspecified atom stereocenters. The highest BCUT2D eigenvalue weighted by Gasteiger charge is 2.13. The lowest BCUT2D eigenvalue weighted by Crippen LogP contribution is -2.36. The lowest BCUT2D eigenvalue weighted by molar-refractivity contribution is 0.174. The molecule has 0 fully saturated rings. The Morgan fingerprint density at radius 1 is 1.25 bits per heavy atom. The van der Waals surface area contributed by atoms with Crippen molar-refractivity contribution < 1.29 is 9.47 Å². The van der Waals surface area contributed by atoms with E-state index in [0.717, 1.165) is 40.3 Å². The summed E-state index contributed by atoms with van der Waals surface area (Å²) in [5, 5.41) is 7.66. The van der Waals surface area contributed by atoms with E-state index < -0.39 is 0 Å². The van der Waals surface area contributed by atoms with Gasteiger partial charge in [-0.15, -0.1) is 11.3 Å². The second kappa shape index (κ2) is 7.53. The van der Waals surface area contributed by atoms with Crippen LogP contribution in [-0.2, 0) is 13.1 Å². The van der Waals surface area contributed by atoms with Gasteiger partial charge in [-0.1, -0.05) is 6.07 Å². The van der Waals surface area contributed by atoms with E-state index in [1.54, 1.807) is 11.3 Å². The highest BCUT2D eigenvalue weighted by molar-refractivity contribution is 7.11. The van der Waals surface area contributed by atoms with Crippen molar-refractivity contribution in [3.05, 3.63) is 39.3 Å². The Bertz CT molecular complexity index is 723. The van der Waals surface area contributed by atoms with Crippen molar-refractivity contribution in [2.75, 3.05) is 13.3 Å². The van der Waals surface area contributed by atoms with Gasteiger partial charge in [-0.25, -0.2) is 9.98 Å². The van der Waals surface area contributed by atoms with Crippen molar-refractivity contribution >= 4 is 17.3 Å². The van der Waals surface area contributed by atoms with Gasteiger partial charge in [0.2, 0.25) is 6.79 Å². The van der Waals surface area contributed by atoms with E-state index in [0.29, 0.717) is 19.9 Å². The zero-order valence-corrected chi connectivity index (χ0v) is 15.0. The van der Waals surface area contributed by atoms with Crippen LogP contribution in [0, 0.1) is 13.8 Å². The average molecular weight is 346 g/mol. The number of hydrogen-bond donors (Lipinski definition) is 2. The fourth-order valence-corrected chi connectivity index (χ4v) is 3.20. The summed E-state index contributed by atoms with van der Waals surface area (Å²) < 4.78 is 10.7. The standard InChI is InChI=1S/C17H22N4O2S/c1-4-18-17(20-9-16-21-11(2)12(3)24-16)19-8-13-5-6-14-15(7-13)23-10-22-14/h5-7H,4,8-10H2,1-3H3,(H2,18,19,20). The number of nitrogens with zero attached hydrogens (tertiary/aromatic N) is 2. The first kappa shape index (κ1) is 16.6. The normalized spacial score (nSPS) is 13.2. The number of ether oxygens (including phenoxy) is 2. The van der Waals surface area contributed by atoms with Gasteiger partial charge in [-0.3, -0.25) is 0 Å². The Hall–Kier alpha value is -2.28. The maximum atomic E-state index is 5.40. The van der Waals surface area contributed by atoms with E-state index in [4.69, 9.17) is 9.47 Å². The van der Waals surface area contributed by atoms with Gasteiger partial charge in [0.25, 0.3) is 0 Å². The second-order valence-electron chi connectivity index (χ2n) is 5.49. The first-order chi connectivity index (χ1) is 11.7. The second-order valence-corrected chi connectivity index (χ2v) is 6.77. The molecule has 0 aliphatic carbocycles. The molecule has 2 heterocycles. The smallest absolute Gasteiger partial charge is 0.231 e. The van der Waals surface area contributed by atoms with Crippen LogP contribution in [-0.4, -0.2) is 24.3 Å². The molecule has 0 bridgehead atoms. The highest BCUT2D eigenvalue weighted by atomic mass is 32.1. The van der Waals surface area contributed by atoms with Crippen molar-refractivity contribution in [1.82, 2.24) is 15.6 Å². The third kappa shape index (κ3) is 3.97. The summed E-state index contributed by atoms with van der Waals surface area (Å²) >= 11 is 1.72. The number of benzene rings is 1. The molecule has 0 radical (unpaired) electrons. The molecular formula is C17H22N4O2S. The molecule has 6 nitrogen and oxygen atoms in total. The van der Waals surface area contributed by atoms with Gasteiger partial charge < -0.3 is 20.1 Å². The summed E-state index contributed by atoms with van der Waals surface area (Å²) in [4.78, 5) is 10.4. The van der Waals surface area contributed by atoms with Gasteiger partial charge in [0.15, 0.2) is 17.5 Å². The molecule has 0 saturated carbocycles. The van der Waals surface area contributed by atoms with E-state index in [9.17, 15) is 0 Å². The van der Waals surface area contributed by atoms with Gasteiger partial charge >= 0.3 is 0 Å². The van der Waals surface area contributed by atoms with Crippen molar-refractivity contribution in [1.29, 1.82) is 0 Å². The van der Waals surface area contributed by atoms with Crippen LogP contribution in [0.5, 0.6) is 11.5 Å². The lowest BCUT2D eigenvalue weighted by Gasteiger charge is -2.10. The molecular weight excluding hydrogens is 324 g/mol. The van der Waals surface area contributed by atoms with Crippen molar-refractivity contribution in [3.8, 4) is 11.5 Å². The molecule has 128 valence electrons. The van der Waals surface area contributed by atoms with Crippen molar-refractivity contribution in [3.63, 3.8) is 0 Å². The van der Waals surface area contributed by atoms with E-state index in [2.05, 4.69) is 34.5 Å². The topological polar surface area (TPSA) is 67.8 Å². The lowest BCUT2D eigenvalue weighted by atomic mass is 10.2. The van der Waals surface area contributed by atoms with E-state index in [1.807, 2.05) is 25.1 Å². The zero-order valence-electron chi connectivity index (χ0n) is 14.2. The van der Waals surface area contributed by atoms with Gasteiger partial charge in [0, 0.05) is 11.4 Å². The molecule has 2 aromatic rings. The number of aryl methyl sites for hydroxylation is 2. The Morgan fingerprint density at radius 2 is 2.08 bits per heavy atom. The summed E-state index contributed by atoms with van der Waals surface area (Å²) in [7, 11) is 0. The molecule has 3 rings (SSSR count). The minimum Gasteiger partial charge on any atom is -0.454 e. The maximum absolute atomic E-state index is 5.40. The first-order valence-electron chi connectivity index (χ1n) is 7.99. The van der Waals surface area contributed by atoms with Gasteiger partial charge in [-0.2, -0.15) is 0 Å². The number of aromatic nitrogens is 1. The molecule has 0 atom stereocenters. The molecule has 1 aliphatic rings. The Morgan fingerprint density at radius 3 is 2.83 bits per heavy atom. The largest absolute Gasteiger partial charge is 0.454 e. The predicted octanol–water partition coefficient (Wildman–Crippen LogP) is 2.74. The molecule has 1 aromatic heterocycles. The number of nitrogens with one attached hydrogen (secondary N) is 2. The van der Waals surface area contributed by atoms with Crippen LogP contribution in [0.2, 0.25) is 0 Å². The molecule has 7 heteroatoms. The van der Waals surface area contributed by atoms with Gasteiger partial charge in [-0.05, 0) is 38.5 Å². The molecule has 0 saturated heterocycles. The van der Waals surface area contributed by atoms with Crippen LogP contribution >= 0.6 is 11.3 Å². The van der Waals surface area contributed by atoms with E-state index in [1.165, 1.54) is 4.88 Å². The molecule has 24 heavy (non-hydrogen) atoms. The van der Waals surface area contributed by atoms with E-state index in [-0.39, 0.29) is 0 Å². The van der Waals surface area contributed by atoms with Crippen molar-refractivity contribution in [2.24, 2.45) is 4.99 Å². The highest BCUT2D eigenvalue weighted by Crippen LogP contribution is 2.32. The Balaban J connectivity index is 1.62. The number of hydrogen-bond acceptors (Lipinski definition) is 5. The van der Waals surface area contributed by atoms with Crippen LogP contribution < -0.4 is 20.1 Å². The Labute approximate surface area is 145 Å². The maximum Gasteiger partial charge on any atom is 0.231 e. The first-order valence-corrected chi connectivity index (χ1v) is 8.81. The zero-order chi connectivity index (χ0) is 16.9. The third-order valence-corrected chi connectivity index (χ3v) is 4.75. The molecule has 1 aliphatic heterocycles. The predicted molar refractivity (Wildman–Crippen MR) is 95.8 cm³/mol. The fraction of sp³-hybridized carbons (Fsp3) is 0.412. The minimum atomic E-state index is 0.291. The Kier molecular flexibility index (Phi) is 5.20. The van der Waals surface area contributed by atoms with Crippen LogP contribution in [0.4, 0.5) is 0 Å². The number of fused-ring (bicyclic) bond motifs is 1. The number of thiazole rings is 1. The number of aliphatic imine (C=N–C) groups is 1. The monoisotopic (exact) mass is 346 g/mol. The van der Waals surface area contributed by atoms with Gasteiger partial charge in [0.1, 0.15) is 5.01 Å². The molecule has 2 N–H and O–H groups in total. The quantitative estimate of drug-likeness (QED) is 0.644. The van der Waals surface area contributed by atoms with Crippen LogP contribution in [0.3, 0.4) is 0 Å². The third-order valence-electron chi connectivity index (χ3n) is 3.68. The summed E-state index contributed by atoms with van der Waals surface area (Å²) in [6.07, 6.45) is 0. The summed E-state index contributed by atoms with van der Waals surface area (Å²) in [5.74, 6) is 2.36. The van der Waals surface area contributed by atoms with Crippen LogP contribution in [0.15, 0.2) is 23.2 Å². The molecule has 0 amide bonds. The molecule has 0 spiro atoms. The summed E-state index contributed by atoms with van der Waals surface area (Å²) in [5.41, 5.74) is 2.18. The average Bonchev–Trinajstić information content (AvgIpc) is 3.16. The molecule has 1 aromatic carbocycles. The van der Waals surface area contributed by atoms with E-state index >= 15 is 0 Å². The summed E-state index contributed by atoms with van der Waals surface area (Å²) in [6, 6.07) is 5.91. The van der Waals surface area contributed by atoms with Crippen LogP contribution in [0.25, 0.3) is 0 Å². The fourth-order valence-electron chi connectivity index (χ4n) is 2.33. The van der Waals surface area contributed by atoms with Crippen LogP contribution in [0.1, 0.15) is 28.1 Å². The van der Waals surface area contributed by atoms with Gasteiger partial charge in [0.05, 0.1) is 18.8 Å².